The summed E-state index contributed by atoms with van der Waals surface area (Å²) >= 11 is 0. The summed E-state index contributed by atoms with van der Waals surface area (Å²) in [5.41, 5.74) is 10.1. The maximum atomic E-state index is 13.4. The Balaban J connectivity index is 1.59. The van der Waals surface area contributed by atoms with Crippen molar-refractivity contribution in [2.24, 2.45) is 5.73 Å². The zero-order chi connectivity index (χ0) is 25.3. The van der Waals surface area contributed by atoms with Crippen molar-refractivity contribution in [3.8, 4) is 11.1 Å². The Labute approximate surface area is 200 Å². The first-order valence-corrected chi connectivity index (χ1v) is 10.9. The quantitative estimate of drug-likeness (QED) is 0.482. The number of carboxylic acids is 1. The van der Waals surface area contributed by atoms with E-state index in [0.29, 0.717) is 17.3 Å². The summed E-state index contributed by atoms with van der Waals surface area (Å²) in [6, 6.07) is 13.8. The highest BCUT2D eigenvalue weighted by Gasteiger charge is 2.33. The molecule has 0 saturated heterocycles. The molecule has 0 aromatic heterocycles. The van der Waals surface area contributed by atoms with Crippen molar-refractivity contribution in [1.29, 1.82) is 0 Å². The highest BCUT2D eigenvalue weighted by Crippen LogP contribution is 2.46. The lowest BCUT2D eigenvalue weighted by molar-refractivity contribution is -0.136. The Kier molecular flexibility index (Phi) is 6.61. The molecule has 7 nitrogen and oxygen atoms in total. The minimum Gasteiger partial charge on any atom is -0.480 e. The summed E-state index contributed by atoms with van der Waals surface area (Å²) < 4.78 is 26.9. The minimum absolute atomic E-state index is 0.103. The van der Waals surface area contributed by atoms with E-state index in [2.05, 4.69) is 5.32 Å². The molecule has 4 N–H and O–H groups in total. The van der Waals surface area contributed by atoms with E-state index in [4.69, 9.17) is 5.73 Å². The summed E-state index contributed by atoms with van der Waals surface area (Å²) in [7, 11) is 0. The molecule has 3 aromatic carbocycles. The van der Waals surface area contributed by atoms with Crippen molar-refractivity contribution in [3.05, 3.63) is 89.0 Å². The van der Waals surface area contributed by atoms with Crippen LogP contribution in [0, 0.1) is 11.6 Å². The average molecular weight is 479 g/mol. The summed E-state index contributed by atoms with van der Waals surface area (Å²) in [4.78, 5) is 38.5. The normalized spacial score (nSPS) is 14.6. The van der Waals surface area contributed by atoms with Crippen LogP contribution in [-0.4, -0.2) is 35.5 Å². The van der Waals surface area contributed by atoms with Gasteiger partial charge in [0.15, 0.2) is 0 Å². The summed E-state index contributed by atoms with van der Waals surface area (Å²) in [5, 5.41) is 12.0. The molecule has 0 heterocycles. The highest BCUT2D eigenvalue weighted by atomic mass is 19.1. The van der Waals surface area contributed by atoms with Gasteiger partial charge in [0.1, 0.15) is 24.2 Å². The molecule has 0 spiro atoms. The molecular formula is C26H23F2N3O4. The third kappa shape index (κ3) is 4.90. The van der Waals surface area contributed by atoms with Crippen LogP contribution in [0.1, 0.15) is 29.7 Å². The molecule has 2 atom stereocenters. The third-order valence-corrected chi connectivity index (χ3v) is 5.87. The molecule has 180 valence electrons. The molecule has 0 saturated carbocycles. The lowest BCUT2D eigenvalue weighted by atomic mass is 10.0. The van der Waals surface area contributed by atoms with Gasteiger partial charge < -0.3 is 16.2 Å². The van der Waals surface area contributed by atoms with E-state index in [0.717, 1.165) is 33.7 Å². The lowest BCUT2D eigenvalue weighted by Gasteiger charge is -2.28. The molecule has 9 heteroatoms. The zero-order valence-electron chi connectivity index (χ0n) is 18.8. The number of amides is 2. The van der Waals surface area contributed by atoms with Crippen LogP contribution in [-0.2, 0) is 20.8 Å². The average Bonchev–Trinajstić information content (AvgIpc) is 3.09. The van der Waals surface area contributed by atoms with E-state index in [1.165, 1.54) is 6.92 Å². The Hall–Kier alpha value is -4.11. The standard InChI is InChI=1S/C26H23F2N3O4/c1-14(30-22(32)11-15-9-16(27)12-17(28)10-15)26(35)31(13-23(33)34)21-8-4-7-19-18-5-2-3-6-20(18)25(29)24(19)21/h2-10,12,14,25H,11,13,29H2,1H3,(H,30,32)(H,33,34)/t14-,25?/m0/s1. The van der Waals surface area contributed by atoms with E-state index >= 15 is 0 Å². The molecule has 0 bridgehead atoms. The molecule has 1 aliphatic carbocycles. The van der Waals surface area contributed by atoms with E-state index < -0.39 is 48.0 Å². The second kappa shape index (κ2) is 9.63. The van der Waals surface area contributed by atoms with Crippen molar-refractivity contribution in [1.82, 2.24) is 5.32 Å². The molecular weight excluding hydrogens is 456 g/mol. The number of aliphatic carboxylic acids is 1. The zero-order valence-corrected chi connectivity index (χ0v) is 18.8. The number of carbonyl (C=O) groups is 3. The topological polar surface area (TPSA) is 113 Å². The van der Waals surface area contributed by atoms with E-state index in [1.807, 2.05) is 30.3 Å². The number of nitrogens with zero attached hydrogens (tertiary/aromatic N) is 1. The van der Waals surface area contributed by atoms with Crippen molar-refractivity contribution in [2.45, 2.75) is 25.4 Å². The van der Waals surface area contributed by atoms with Crippen molar-refractivity contribution in [3.63, 3.8) is 0 Å². The molecule has 0 aliphatic heterocycles. The number of hydrogen-bond acceptors (Lipinski definition) is 4. The summed E-state index contributed by atoms with van der Waals surface area (Å²) in [5.74, 6) is -4.19. The second-order valence-electron chi connectivity index (χ2n) is 8.37. The molecule has 1 aliphatic rings. The van der Waals surface area contributed by atoms with E-state index in [1.54, 1.807) is 12.1 Å². The van der Waals surface area contributed by atoms with Crippen molar-refractivity contribution < 1.29 is 28.3 Å². The summed E-state index contributed by atoms with van der Waals surface area (Å²) in [6.45, 7) is 0.771. The molecule has 2 amide bonds. The van der Waals surface area contributed by atoms with Gasteiger partial charge in [-0.2, -0.15) is 0 Å². The number of anilines is 1. The fourth-order valence-corrected chi connectivity index (χ4v) is 4.42. The van der Waals surface area contributed by atoms with Gasteiger partial charge >= 0.3 is 5.97 Å². The lowest BCUT2D eigenvalue weighted by Crippen LogP contribution is -2.49. The predicted octanol–water partition coefficient (Wildman–Crippen LogP) is 3.16. The van der Waals surface area contributed by atoms with E-state index in [9.17, 15) is 28.3 Å². The second-order valence-corrected chi connectivity index (χ2v) is 8.37. The minimum atomic E-state index is -1.24. The molecule has 35 heavy (non-hydrogen) atoms. The molecule has 4 rings (SSSR count). The monoisotopic (exact) mass is 479 g/mol. The number of hydrogen-bond donors (Lipinski definition) is 3. The number of halogens is 2. The third-order valence-electron chi connectivity index (χ3n) is 5.87. The van der Waals surface area contributed by atoms with Crippen LogP contribution in [0.5, 0.6) is 0 Å². The van der Waals surface area contributed by atoms with Crippen LogP contribution in [0.4, 0.5) is 14.5 Å². The highest BCUT2D eigenvalue weighted by molar-refractivity contribution is 6.04. The van der Waals surface area contributed by atoms with Gasteiger partial charge in [0.2, 0.25) is 11.8 Å². The predicted molar refractivity (Wildman–Crippen MR) is 126 cm³/mol. The van der Waals surface area contributed by atoms with Crippen LogP contribution >= 0.6 is 0 Å². The molecule has 1 unspecified atom stereocenters. The first kappa shape index (κ1) is 24.0. The van der Waals surface area contributed by atoms with Crippen LogP contribution < -0.4 is 16.0 Å². The van der Waals surface area contributed by atoms with Crippen LogP contribution in [0.25, 0.3) is 11.1 Å². The number of fused-ring (bicyclic) bond motifs is 3. The van der Waals surface area contributed by atoms with Crippen LogP contribution in [0.15, 0.2) is 60.7 Å². The molecule has 0 fully saturated rings. The fourth-order valence-electron chi connectivity index (χ4n) is 4.42. The van der Waals surface area contributed by atoms with Crippen molar-refractivity contribution in [2.75, 3.05) is 11.4 Å². The Bertz CT molecular complexity index is 1310. The SMILES string of the molecule is C[C@H](NC(=O)Cc1cc(F)cc(F)c1)C(=O)N(CC(=O)O)c1cccc2c1C(N)c1ccccc1-2. The first-order chi connectivity index (χ1) is 16.7. The van der Waals surface area contributed by atoms with Crippen LogP contribution in [0.2, 0.25) is 0 Å². The number of nitrogens with one attached hydrogen (secondary N) is 1. The van der Waals surface area contributed by atoms with Crippen LogP contribution in [0.3, 0.4) is 0 Å². The number of nitrogens with two attached hydrogens (primary N) is 1. The van der Waals surface area contributed by atoms with E-state index in [-0.39, 0.29) is 12.0 Å². The Morgan fingerprint density at radius 3 is 2.37 bits per heavy atom. The largest absolute Gasteiger partial charge is 0.480 e. The fraction of sp³-hybridized carbons (Fsp3) is 0.192. The number of rotatable bonds is 7. The van der Waals surface area contributed by atoms with Crippen molar-refractivity contribution >= 4 is 23.5 Å². The smallest absolute Gasteiger partial charge is 0.323 e. The summed E-state index contributed by atoms with van der Waals surface area (Å²) in [6.07, 6.45) is -0.355. The van der Waals surface area contributed by atoms with Gasteiger partial charge in [-0.05, 0) is 47.4 Å². The molecule has 3 aromatic rings. The number of carboxylic acid groups (broad SMARTS) is 1. The first-order valence-electron chi connectivity index (χ1n) is 10.9. The molecule has 0 radical (unpaired) electrons. The maximum absolute atomic E-state index is 13.4. The van der Waals surface area contributed by atoms with Gasteiger partial charge in [0.05, 0.1) is 18.2 Å². The maximum Gasteiger partial charge on any atom is 0.323 e. The van der Waals surface area contributed by atoms with Gasteiger partial charge in [0, 0.05) is 11.6 Å². The van der Waals surface area contributed by atoms with Gasteiger partial charge in [0.25, 0.3) is 0 Å². The van der Waals surface area contributed by atoms with Gasteiger partial charge in [-0.3, -0.25) is 19.3 Å². The van der Waals surface area contributed by atoms with Gasteiger partial charge in [-0.15, -0.1) is 0 Å². The van der Waals surface area contributed by atoms with Gasteiger partial charge in [-0.25, -0.2) is 8.78 Å². The Morgan fingerprint density at radius 1 is 1.03 bits per heavy atom. The number of carbonyl (C=O) groups excluding carboxylic acids is 2. The number of benzene rings is 3. The van der Waals surface area contributed by atoms with Gasteiger partial charge in [-0.1, -0.05) is 36.4 Å². The Morgan fingerprint density at radius 2 is 1.69 bits per heavy atom.